The molecule has 3 nitrogen and oxygen atoms in total. The third-order valence-corrected chi connectivity index (χ3v) is 2.22. The molecule has 1 aliphatic heterocycles. The van der Waals surface area contributed by atoms with Crippen molar-refractivity contribution in [3.8, 4) is 0 Å². The fourth-order valence-corrected chi connectivity index (χ4v) is 1.54. The number of hydrogen-bond donors (Lipinski definition) is 2. The molecule has 0 radical (unpaired) electrons. The smallest absolute Gasteiger partial charge is 0.223 e. The fourth-order valence-electron chi connectivity index (χ4n) is 1.54. The Balaban J connectivity index is 2.08. The van der Waals surface area contributed by atoms with Crippen LogP contribution in [0.15, 0.2) is 0 Å². The lowest BCUT2D eigenvalue weighted by molar-refractivity contribution is -0.121. The summed E-state index contributed by atoms with van der Waals surface area (Å²) >= 11 is 0. The van der Waals surface area contributed by atoms with E-state index in [9.17, 15) is 4.79 Å². The Morgan fingerprint density at radius 3 is 2.78 bits per heavy atom. The number of amides is 1. The van der Waals surface area contributed by atoms with Gasteiger partial charge in [-0.3, -0.25) is 4.79 Å². The van der Waals surface area contributed by atoms with E-state index in [1.165, 1.54) is 0 Å². The number of carbonyl (C=O) groups excluding carboxylic acids is 1. The highest BCUT2D eigenvalue weighted by Gasteiger charge is 2.53. The van der Waals surface area contributed by atoms with Crippen LogP contribution in [-0.2, 0) is 4.79 Å². The summed E-state index contributed by atoms with van der Waals surface area (Å²) in [7, 11) is 0. The Labute approximate surface area is 53.1 Å². The molecule has 9 heavy (non-hydrogen) atoms. The fraction of sp³-hybridized carbons (Fsp3) is 0.833. The van der Waals surface area contributed by atoms with Crippen LogP contribution in [0.5, 0.6) is 0 Å². The topological polar surface area (TPSA) is 49.3 Å². The normalized spacial score (nSPS) is 46.3. The lowest BCUT2D eigenvalue weighted by Gasteiger charge is -2.07. The molecule has 3 heteroatoms. The zero-order valence-corrected chi connectivity index (χ0v) is 5.00. The summed E-state index contributed by atoms with van der Waals surface area (Å²) in [6, 6.07) is 0.0718. The molecule has 0 aromatic heterocycles. The highest BCUT2D eigenvalue weighted by atomic mass is 16.3. The zero-order chi connectivity index (χ0) is 6.43. The van der Waals surface area contributed by atoms with Crippen LogP contribution in [0, 0.1) is 11.8 Å². The first-order valence-electron chi connectivity index (χ1n) is 3.24. The number of nitrogens with one attached hydrogen (secondary N) is 1. The van der Waals surface area contributed by atoms with E-state index < -0.39 is 0 Å². The molecule has 2 fully saturated rings. The molecule has 50 valence electrons. The average molecular weight is 127 g/mol. The van der Waals surface area contributed by atoms with Crippen molar-refractivity contribution >= 4 is 5.91 Å². The Bertz CT molecular complexity index is 157. The molecule has 0 unspecified atom stereocenters. The lowest BCUT2D eigenvalue weighted by atomic mass is 10.2. The summed E-state index contributed by atoms with van der Waals surface area (Å²) in [6.45, 7) is 0.104. The number of carbonyl (C=O) groups is 1. The van der Waals surface area contributed by atoms with Crippen molar-refractivity contribution in [2.45, 2.75) is 12.5 Å². The van der Waals surface area contributed by atoms with E-state index in [-0.39, 0.29) is 24.5 Å². The van der Waals surface area contributed by atoms with Gasteiger partial charge in [0.15, 0.2) is 0 Å². The molecule has 2 N–H and O–H groups in total. The molecule has 1 saturated heterocycles. The van der Waals surface area contributed by atoms with Gasteiger partial charge in [-0.25, -0.2) is 0 Å². The van der Waals surface area contributed by atoms with Crippen LogP contribution in [-0.4, -0.2) is 23.7 Å². The SMILES string of the molecule is O=C1N[C@H](CO)[C@H]2C[C@@H]12. The number of piperidine rings is 1. The van der Waals surface area contributed by atoms with Crippen LogP contribution >= 0.6 is 0 Å². The predicted octanol–water partition coefficient (Wildman–Crippen LogP) is -0.887. The minimum Gasteiger partial charge on any atom is -0.394 e. The van der Waals surface area contributed by atoms with Gasteiger partial charge in [0.05, 0.1) is 12.6 Å². The van der Waals surface area contributed by atoms with Gasteiger partial charge in [0.1, 0.15) is 0 Å². The number of hydrogen-bond acceptors (Lipinski definition) is 2. The quantitative estimate of drug-likeness (QED) is 0.480. The molecular weight excluding hydrogens is 118 g/mol. The van der Waals surface area contributed by atoms with E-state index in [0.717, 1.165) is 6.42 Å². The summed E-state index contributed by atoms with van der Waals surface area (Å²) in [6.07, 6.45) is 0.997. The first kappa shape index (κ1) is 5.23. The summed E-state index contributed by atoms with van der Waals surface area (Å²) in [5, 5.41) is 11.4. The van der Waals surface area contributed by atoms with Gasteiger partial charge in [-0.05, 0) is 12.3 Å². The van der Waals surface area contributed by atoms with Crippen molar-refractivity contribution in [2.75, 3.05) is 6.61 Å². The van der Waals surface area contributed by atoms with Crippen LogP contribution in [0.1, 0.15) is 6.42 Å². The highest BCUT2D eigenvalue weighted by molar-refractivity contribution is 5.85. The highest BCUT2D eigenvalue weighted by Crippen LogP contribution is 2.45. The molecule has 1 aliphatic carbocycles. The van der Waals surface area contributed by atoms with E-state index in [1.54, 1.807) is 0 Å². The van der Waals surface area contributed by atoms with Gasteiger partial charge in [-0.2, -0.15) is 0 Å². The van der Waals surface area contributed by atoms with Crippen molar-refractivity contribution in [2.24, 2.45) is 11.8 Å². The Hall–Kier alpha value is -0.570. The second-order valence-corrected chi connectivity index (χ2v) is 2.80. The molecule has 1 saturated carbocycles. The minimum absolute atomic E-state index is 0.0718. The third kappa shape index (κ3) is 0.580. The first-order valence-corrected chi connectivity index (χ1v) is 3.24. The largest absolute Gasteiger partial charge is 0.394 e. The maximum absolute atomic E-state index is 10.8. The average Bonchev–Trinajstić information content (AvgIpc) is 2.56. The molecule has 0 aromatic rings. The zero-order valence-electron chi connectivity index (χ0n) is 5.00. The Morgan fingerprint density at radius 2 is 2.56 bits per heavy atom. The molecule has 3 atom stereocenters. The number of fused-ring (bicyclic) bond motifs is 1. The second-order valence-electron chi connectivity index (χ2n) is 2.80. The third-order valence-electron chi connectivity index (χ3n) is 2.22. The van der Waals surface area contributed by atoms with Gasteiger partial charge < -0.3 is 10.4 Å². The van der Waals surface area contributed by atoms with Gasteiger partial charge in [-0.15, -0.1) is 0 Å². The van der Waals surface area contributed by atoms with Crippen LogP contribution in [0.25, 0.3) is 0 Å². The van der Waals surface area contributed by atoms with Gasteiger partial charge in [0.2, 0.25) is 5.91 Å². The number of aliphatic hydroxyl groups excluding tert-OH is 1. The summed E-state index contributed by atoms with van der Waals surface area (Å²) in [5.41, 5.74) is 0. The molecule has 2 rings (SSSR count). The number of aliphatic hydroxyl groups is 1. The standard InChI is InChI=1S/C6H9NO2/c8-2-5-3-1-4(3)6(9)7-5/h3-5,8H,1-2H2,(H,7,9)/t3-,4+,5+/m0/s1. The Kier molecular flexibility index (Phi) is 0.858. The molecule has 1 amide bonds. The van der Waals surface area contributed by atoms with E-state index in [1.807, 2.05) is 0 Å². The molecular formula is C6H9NO2. The molecule has 0 aromatic carbocycles. The Morgan fingerprint density at radius 1 is 1.78 bits per heavy atom. The van der Waals surface area contributed by atoms with Gasteiger partial charge in [0.25, 0.3) is 0 Å². The summed E-state index contributed by atoms with van der Waals surface area (Å²) in [5.74, 6) is 0.851. The number of rotatable bonds is 1. The molecule has 2 aliphatic rings. The maximum Gasteiger partial charge on any atom is 0.223 e. The maximum atomic E-state index is 10.8. The molecule has 0 bridgehead atoms. The van der Waals surface area contributed by atoms with E-state index in [4.69, 9.17) is 5.11 Å². The van der Waals surface area contributed by atoms with Gasteiger partial charge >= 0.3 is 0 Å². The van der Waals surface area contributed by atoms with Crippen molar-refractivity contribution < 1.29 is 9.90 Å². The van der Waals surface area contributed by atoms with E-state index in [0.29, 0.717) is 5.92 Å². The van der Waals surface area contributed by atoms with Crippen LogP contribution < -0.4 is 5.32 Å². The van der Waals surface area contributed by atoms with E-state index >= 15 is 0 Å². The molecule has 0 spiro atoms. The molecule has 1 heterocycles. The summed E-state index contributed by atoms with van der Waals surface area (Å²) < 4.78 is 0. The minimum atomic E-state index is 0.0718. The lowest BCUT2D eigenvalue weighted by Crippen LogP contribution is -2.32. The van der Waals surface area contributed by atoms with Crippen molar-refractivity contribution in [1.82, 2.24) is 5.32 Å². The van der Waals surface area contributed by atoms with Crippen molar-refractivity contribution in [1.29, 1.82) is 0 Å². The van der Waals surface area contributed by atoms with Crippen LogP contribution in [0.4, 0.5) is 0 Å². The summed E-state index contributed by atoms with van der Waals surface area (Å²) in [4.78, 5) is 10.8. The van der Waals surface area contributed by atoms with Gasteiger partial charge in [0, 0.05) is 5.92 Å². The monoisotopic (exact) mass is 127 g/mol. The first-order chi connectivity index (χ1) is 4.33. The van der Waals surface area contributed by atoms with Crippen LogP contribution in [0.3, 0.4) is 0 Å². The van der Waals surface area contributed by atoms with Gasteiger partial charge in [-0.1, -0.05) is 0 Å². The predicted molar refractivity (Wildman–Crippen MR) is 30.6 cm³/mol. The van der Waals surface area contributed by atoms with Crippen LogP contribution in [0.2, 0.25) is 0 Å². The van der Waals surface area contributed by atoms with E-state index in [2.05, 4.69) is 5.32 Å². The van der Waals surface area contributed by atoms with Crippen molar-refractivity contribution in [3.63, 3.8) is 0 Å². The van der Waals surface area contributed by atoms with Crippen molar-refractivity contribution in [3.05, 3.63) is 0 Å². The second kappa shape index (κ2) is 1.48.